The van der Waals surface area contributed by atoms with Crippen molar-refractivity contribution < 1.29 is 4.79 Å². The standard InChI is InChI=1S/C10H11Cl2NO/c1-6-4-3-5-8(12)9(6)13-10(14)7(2)11/h3-5,7H,1-2H3,(H,13,14). The molecular formula is C10H11Cl2NO. The van der Waals surface area contributed by atoms with Gasteiger partial charge in [0.1, 0.15) is 5.38 Å². The number of anilines is 1. The Balaban J connectivity index is 2.91. The molecule has 0 aliphatic carbocycles. The van der Waals surface area contributed by atoms with Crippen LogP contribution in [-0.2, 0) is 4.79 Å². The van der Waals surface area contributed by atoms with Gasteiger partial charge in [0.15, 0.2) is 0 Å². The molecule has 0 aliphatic heterocycles. The normalized spacial score (nSPS) is 12.3. The van der Waals surface area contributed by atoms with Gasteiger partial charge in [-0.15, -0.1) is 11.6 Å². The van der Waals surface area contributed by atoms with Crippen molar-refractivity contribution in [2.75, 3.05) is 5.32 Å². The largest absolute Gasteiger partial charge is 0.323 e. The zero-order valence-corrected chi connectivity index (χ0v) is 9.49. The van der Waals surface area contributed by atoms with Gasteiger partial charge in [-0.05, 0) is 25.5 Å². The van der Waals surface area contributed by atoms with Gasteiger partial charge in [-0.1, -0.05) is 23.7 Å². The number of aryl methyl sites for hydroxylation is 1. The molecule has 1 aromatic rings. The number of hydrogen-bond acceptors (Lipinski definition) is 1. The summed E-state index contributed by atoms with van der Waals surface area (Å²) in [5.74, 6) is -0.247. The summed E-state index contributed by atoms with van der Waals surface area (Å²) in [6.45, 7) is 3.49. The van der Waals surface area contributed by atoms with Gasteiger partial charge in [0, 0.05) is 0 Å². The van der Waals surface area contributed by atoms with Crippen LogP contribution >= 0.6 is 23.2 Å². The quantitative estimate of drug-likeness (QED) is 0.779. The van der Waals surface area contributed by atoms with E-state index in [-0.39, 0.29) is 5.91 Å². The lowest BCUT2D eigenvalue weighted by Crippen LogP contribution is -2.21. The summed E-state index contributed by atoms with van der Waals surface area (Å²) in [7, 11) is 0. The van der Waals surface area contributed by atoms with Gasteiger partial charge >= 0.3 is 0 Å². The van der Waals surface area contributed by atoms with Gasteiger partial charge < -0.3 is 5.32 Å². The van der Waals surface area contributed by atoms with Gasteiger partial charge in [0.2, 0.25) is 5.91 Å². The predicted molar refractivity (Wildman–Crippen MR) is 60.1 cm³/mol. The minimum absolute atomic E-state index is 0.247. The first-order valence-corrected chi connectivity index (χ1v) is 5.04. The maximum atomic E-state index is 11.3. The lowest BCUT2D eigenvalue weighted by atomic mass is 10.2. The number of amides is 1. The van der Waals surface area contributed by atoms with Crippen LogP contribution in [0, 0.1) is 6.92 Å². The topological polar surface area (TPSA) is 29.1 Å². The summed E-state index contributed by atoms with van der Waals surface area (Å²) in [6.07, 6.45) is 0. The Bertz CT molecular complexity index is 330. The highest BCUT2D eigenvalue weighted by Crippen LogP contribution is 2.25. The Morgan fingerprint density at radius 1 is 1.50 bits per heavy atom. The Kier molecular flexibility index (Phi) is 3.78. The molecule has 0 radical (unpaired) electrons. The number of rotatable bonds is 2. The minimum Gasteiger partial charge on any atom is -0.323 e. The third kappa shape index (κ3) is 2.63. The van der Waals surface area contributed by atoms with E-state index < -0.39 is 5.38 Å². The molecule has 0 saturated heterocycles. The Labute approximate surface area is 93.2 Å². The van der Waals surface area contributed by atoms with Crippen LogP contribution < -0.4 is 5.32 Å². The Hall–Kier alpha value is -0.730. The third-order valence-corrected chi connectivity index (χ3v) is 2.34. The summed E-state index contributed by atoms with van der Waals surface area (Å²) in [5, 5.41) is 2.63. The zero-order valence-electron chi connectivity index (χ0n) is 7.97. The van der Waals surface area contributed by atoms with E-state index in [1.54, 1.807) is 13.0 Å². The van der Waals surface area contributed by atoms with Crippen LogP contribution in [-0.4, -0.2) is 11.3 Å². The highest BCUT2D eigenvalue weighted by Gasteiger charge is 2.12. The molecule has 0 aliphatic rings. The van der Waals surface area contributed by atoms with E-state index in [2.05, 4.69) is 5.32 Å². The van der Waals surface area contributed by atoms with Crippen molar-refractivity contribution in [2.24, 2.45) is 0 Å². The fourth-order valence-electron chi connectivity index (χ4n) is 1.01. The molecule has 1 atom stereocenters. The van der Waals surface area contributed by atoms with Gasteiger partial charge in [-0.3, -0.25) is 4.79 Å². The molecule has 0 fully saturated rings. The smallest absolute Gasteiger partial charge is 0.242 e. The van der Waals surface area contributed by atoms with Crippen molar-refractivity contribution in [1.29, 1.82) is 0 Å². The molecule has 76 valence electrons. The molecule has 2 nitrogen and oxygen atoms in total. The predicted octanol–water partition coefficient (Wildman–Crippen LogP) is 3.21. The highest BCUT2D eigenvalue weighted by atomic mass is 35.5. The average Bonchev–Trinajstić information content (AvgIpc) is 2.11. The molecular weight excluding hydrogens is 221 g/mol. The lowest BCUT2D eigenvalue weighted by molar-refractivity contribution is -0.115. The first-order valence-electron chi connectivity index (χ1n) is 4.22. The molecule has 0 spiro atoms. The van der Waals surface area contributed by atoms with Crippen molar-refractivity contribution in [3.63, 3.8) is 0 Å². The number of carbonyl (C=O) groups is 1. The maximum Gasteiger partial charge on any atom is 0.242 e. The SMILES string of the molecule is Cc1cccc(Cl)c1NC(=O)C(C)Cl. The van der Waals surface area contributed by atoms with E-state index in [1.165, 1.54) is 0 Å². The molecule has 0 bridgehead atoms. The fraction of sp³-hybridized carbons (Fsp3) is 0.300. The van der Waals surface area contributed by atoms with Crippen LogP contribution in [0.25, 0.3) is 0 Å². The number of nitrogens with one attached hydrogen (secondary N) is 1. The van der Waals surface area contributed by atoms with E-state index in [4.69, 9.17) is 23.2 Å². The molecule has 0 heterocycles. The van der Waals surface area contributed by atoms with E-state index in [9.17, 15) is 4.79 Å². The van der Waals surface area contributed by atoms with Crippen LogP contribution in [0.5, 0.6) is 0 Å². The number of alkyl halides is 1. The second-order valence-corrected chi connectivity index (χ2v) is 4.10. The summed E-state index contributed by atoms with van der Waals surface area (Å²) in [4.78, 5) is 11.3. The molecule has 1 aromatic carbocycles. The molecule has 0 aromatic heterocycles. The van der Waals surface area contributed by atoms with Gasteiger partial charge in [0.05, 0.1) is 10.7 Å². The number of benzene rings is 1. The van der Waals surface area contributed by atoms with Crippen LogP contribution in [0.15, 0.2) is 18.2 Å². The van der Waals surface area contributed by atoms with E-state index >= 15 is 0 Å². The summed E-state index contributed by atoms with van der Waals surface area (Å²) in [6, 6.07) is 5.43. The van der Waals surface area contributed by atoms with Crippen LogP contribution in [0.4, 0.5) is 5.69 Å². The number of halogens is 2. The first kappa shape index (κ1) is 11.3. The molecule has 1 amide bonds. The first-order chi connectivity index (χ1) is 6.52. The molecule has 1 N–H and O–H groups in total. The van der Waals surface area contributed by atoms with Crippen LogP contribution in [0.2, 0.25) is 5.02 Å². The molecule has 0 saturated carbocycles. The van der Waals surface area contributed by atoms with Crippen molar-refractivity contribution in [3.8, 4) is 0 Å². The summed E-state index contributed by atoms with van der Waals surface area (Å²) in [5.41, 5.74) is 1.55. The zero-order chi connectivity index (χ0) is 10.7. The summed E-state index contributed by atoms with van der Waals surface area (Å²) < 4.78 is 0. The molecule has 4 heteroatoms. The molecule has 1 unspecified atom stereocenters. The van der Waals surface area contributed by atoms with Crippen molar-refractivity contribution in [3.05, 3.63) is 28.8 Å². The molecule has 1 rings (SSSR count). The number of hydrogen-bond donors (Lipinski definition) is 1. The average molecular weight is 232 g/mol. The second kappa shape index (κ2) is 4.67. The van der Waals surface area contributed by atoms with E-state index in [0.717, 1.165) is 5.56 Å². The summed E-state index contributed by atoms with van der Waals surface area (Å²) >= 11 is 11.5. The highest BCUT2D eigenvalue weighted by molar-refractivity contribution is 6.35. The van der Waals surface area contributed by atoms with Gasteiger partial charge in [-0.2, -0.15) is 0 Å². The number of para-hydroxylation sites is 1. The van der Waals surface area contributed by atoms with Crippen molar-refractivity contribution >= 4 is 34.8 Å². The second-order valence-electron chi connectivity index (χ2n) is 3.04. The van der Waals surface area contributed by atoms with Crippen LogP contribution in [0.1, 0.15) is 12.5 Å². The Morgan fingerprint density at radius 3 is 2.64 bits per heavy atom. The monoisotopic (exact) mass is 231 g/mol. The van der Waals surface area contributed by atoms with E-state index in [1.807, 2.05) is 19.1 Å². The molecule has 14 heavy (non-hydrogen) atoms. The van der Waals surface area contributed by atoms with Crippen molar-refractivity contribution in [1.82, 2.24) is 0 Å². The fourth-order valence-corrected chi connectivity index (χ4v) is 1.34. The van der Waals surface area contributed by atoms with Gasteiger partial charge in [0.25, 0.3) is 0 Å². The van der Waals surface area contributed by atoms with E-state index in [0.29, 0.717) is 10.7 Å². The van der Waals surface area contributed by atoms with Crippen molar-refractivity contribution in [2.45, 2.75) is 19.2 Å². The lowest BCUT2D eigenvalue weighted by Gasteiger charge is -2.10. The van der Waals surface area contributed by atoms with Crippen LogP contribution in [0.3, 0.4) is 0 Å². The minimum atomic E-state index is -0.564. The maximum absolute atomic E-state index is 11.3. The third-order valence-electron chi connectivity index (χ3n) is 1.83. The van der Waals surface area contributed by atoms with Gasteiger partial charge in [-0.25, -0.2) is 0 Å². The Morgan fingerprint density at radius 2 is 2.14 bits per heavy atom. The number of carbonyl (C=O) groups excluding carboxylic acids is 1.